The van der Waals surface area contributed by atoms with Crippen LogP contribution in [0.25, 0.3) is 0 Å². The molecule has 1 aliphatic rings. The van der Waals surface area contributed by atoms with Gasteiger partial charge < -0.3 is 4.90 Å². The molecule has 0 N–H and O–H groups in total. The molecular formula is C16H28N2. The second-order valence-corrected chi connectivity index (χ2v) is 3.66. The highest BCUT2D eigenvalue weighted by molar-refractivity contribution is 5.62. The first kappa shape index (κ1) is 18.8. The van der Waals surface area contributed by atoms with Gasteiger partial charge in [-0.25, -0.2) is 0 Å². The quantitative estimate of drug-likeness (QED) is 0.653. The minimum atomic E-state index is 0.942. The topological polar surface area (TPSA) is 15.6 Å². The minimum Gasteiger partial charge on any atom is -0.374 e. The molecular weight excluding hydrogens is 220 g/mol. The first-order chi connectivity index (χ1) is 8.60. The van der Waals surface area contributed by atoms with Crippen molar-refractivity contribution in [3.05, 3.63) is 48.4 Å². The summed E-state index contributed by atoms with van der Waals surface area (Å²) in [6.45, 7) is 14.6. The fourth-order valence-electron chi connectivity index (χ4n) is 1.03. The smallest absolute Gasteiger partial charge is 0.0527 e. The molecule has 0 amide bonds. The molecule has 2 heteroatoms. The van der Waals surface area contributed by atoms with E-state index < -0.39 is 0 Å². The zero-order chi connectivity index (χ0) is 14.4. The van der Waals surface area contributed by atoms with Crippen molar-refractivity contribution in [3.63, 3.8) is 0 Å². The van der Waals surface area contributed by atoms with Crippen LogP contribution in [0, 0.1) is 0 Å². The van der Waals surface area contributed by atoms with Crippen molar-refractivity contribution in [2.75, 3.05) is 13.6 Å². The SMILES string of the molecule is C=C/C(C)=C\C=C/C.CC.CC1=CN(C)CC=N1. The Labute approximate surface area is 113 Å². The normalized spacial score (nSPS) is 14.2. The monoisotopic (exact) mass is 248 g/mol. The molecule has 1 rings (SSSR count). The Kier molecular flexibility index (Phi) is 14.1. The van der Waals surface area contributed by atoms with E-state index in [9.17, 15) is 0 Å². The molecule has 102 valence electrons. The molecule has 0 fully saturated rings. The Morgan fingerprint density at radius 1 is 1.44 bits per heavy atom. The van der Waals surface area contributed by atoms with Crippen LogP contribution in [-0.2, 0) is 0 Å². The van der Waals surface area contributed by atoms with Gasteiger partial charge in [0.05, 0.1) is 12.2 Å². The Hall–Kier alpha value is -1.57. The summed E-state index contributed by atoms with van der Waals surface area (Å²) in [5, 5.41) is 0. The van der Waals surface area contributed by atoms with Crippen molar-refractivity contribution in [1.82, 2.24) is 4.90 Å². The molecule has 2 nitrogen and oxygen atoms in total. The molecule has 0 radical (unpaired) electrons. The fourth-order valence-corrected chi connectivity index (χ4v) is 1.03. The average molecular weight is 248 g/mol. The van der Waals surface area contributed by atoms with Crippen LogP contribution in [0.15, 0.2) is 53.3 Å². The van der Waals surface area contributed by atoms with Gasteiger partial charge in [0.2, 0.25) is 0 Å². The summed E-state index contributed by atoms with van der Waals surface area (Å²) < 4.78 is 0. The average Bonchev–Trinajstić information content (AvgIpc) is 2.38. The van der Waals surface area contributed by atoms with Crippen LogP contribution in [0.1, 0.15) is 34.6 Å². The van der Waals surface area contributed by atoms with Gasteiger partial charge in [-0.1, -0.05) is 50.3 Å². The van der Waals surface area contributed by atoms with Crippen LogP contribution in [0.2, 0.25) is 0 Å². The third-order valence-electron chi connectivity index (χ3n) is 1.95. The van der Waals surface area contributed by atoms with E-state index in [1.54, 1.807) is 0 Å². The van der Waals surface area contributed by atoms with Gasteiger partial charge >= 0.3 is 0 Å². The van der Waals surface area contributed by atoms with Crippen molar-refractivity contribution >= 4 is 6.21 Å². The van der Waals surface area contributed by atoms with Crippen LogP contribution in [0.4, 0.5) is 0 Å². The molecule has 0 aromatic rings. The second kappa shape index (κ2) is 13.5. The van der Waals surface area contributed by atoms with Crippen LogP contribution in [0.3, 0.4) is 0 Å². The number of rotatable bonds is 2. The summed E-state index contributed by atoms with van der Waals surface area (Å²) in [7, 11) is 2.04. The standard InChI is InChI=1S/C8H12.C6H10N2.C2H6/c1-4-6-7-8(3)5-2;1-6-5-8(2)4-3-7-6;1-2/h4-7H,2H2,1,3H3;3,5H,4H2,1-2H3;1-2H3/b6-4-,8-7-;;. The van der Waals surface area contributed by atoms with Crippen molar-refractivity contribution in [2.24, 2.45) is 4.99 Å². The van der Waals surface area contributed by atoms with Crippen LogP contribution in [-0.4, -0.2) is 24.7 Å². The number of nitrogens with zero attached hydrogens (tertiary/aromatic N) is 2. The van der Waals surface area contributed by atoms with Gasteiger partial charge in [0.25, 0.3) is 0 Å². The third kappa shape index (κ3) is 12.5. The lowest BCUT2D eigenvalue weighted by molar-refractivity contribution is 0.516. The van der Waals surface area contributed by atoms with Gasteiger partial charge in [-0.3, -0.25) is 4.99 Å². The minimum absolute atomic E-state index is 0.942. The molecule has 1 heterocycles. The van der Waals surface area contributed by atoms with Gasteiger partial charge in [-0.2, -0.15) is 0 Å². The predicted molar refractivity (Wildman–Crippen MR) is 85.0 cm³/mol. The predicted octanol–water partition coefficient (Wildman–Crippen LogP) is 4.58. The molecule has 0 aliphatic carbocycles. The van der Waals surface area contributed by atoms with Crippen molar-refractivity contribution in [2.45, 2.75) is 34.6 Å². The van der Waals surface area contributed by atoms with Crippen molar-refractivity contribution in [1.29, 1.82) is 0 Å². The molecule has 0 bridgehead atoms. The number of hydrogen-bond donors (Lipinski definition) is 0. The van der Waals surface area contributed by atoms with Gasteiger partial charge in [0.1, 0.15) is 0 Å². The van der Waals surface area contributed by atoms with Gasteiger partial charge in [0.15, 0.2) is 0 Å². The molecule has 0 spiro atoms. The summed E-state index contributed by atoms with van der Waals surface area (Å²) in [6, 6.07) is 0. The maximum Gasteiger partial charge on any atom is 0.0527 e. The van der Waals surface area contributed by atoms with E-state index in [1.165, 1.54) is 5.57 Å². The molecule has 18 heavy (non-hydrogen) atoms. The van der Waals surface area contributed by atoms with Gasteiger partial charge in [0, 0.05) is 19.5 Å². The molecule has 0 aromatic carbocycles. The largest absolute Gasteiger partial charge is 0.374 e. The highest BCUT2D eigenvalue weighted by Gasteiger charge is 1.94. The molecule has 0 saturated carbocycles. The number of hydrogen-bond acceptors (Lipinski definition) is 2. The van der Waals surface area contributed by atoms with E-state index >= 15 is 0 Å². The van der Waals surface area contributed by atoms with Crippen LogP contribution < -0.4 is 0 Å². The second-order valence-electron chi connectivity index (χ2n) is 3.66. The van der Waals surface area contributed by atoms with E-state index in [2.05, 4.69) is 16.5 Å². The Morgan fingerprint density at radius 2 is 2.06 bits per heavy atom. The van der Waals surface area contributed by atoms with Crippen LogP contribution >= 0.6 is 0 Å². The number of aliphatic imine (C=N–C) groups is 1. The van der Waals surface area contributed by atoms with E-state index in [1.807, 2.05) is 78.4 Å². The van der Waals surface area contributed by atoms with Crippen molar-refractivity contribution in [3.8, 4) is 0 Å². The van der Waals surface area contributed by atoms with Crippen LogP contribution in [0.5, 0.6) is 0 Å². The van der Waals surface area contributed by atoms with Crippen molar-refractivity contribution < 1.29 is 0 Å². The summed E-state index contributed by atoms with van der Waals surface area (Å²) in [5.41, 5.74) is 2.28. The van der Waals surface area contributed by atoms with E-state index in [0.717, 1.165) is 12.2 Å². The third-order valence-corrected chi connectivity index (χ3v) is 1.95. The molecule has 0 saturated heterocycles. The zero-order valence-electron chi connectivity index (χ0n) is 12.8. The maximum absolute atomic E-state index is 4.07. The summed E-state index contributed by atoms with van der Waals surface area (Å²) in [6.07, 6.45) is 11.8. The summed E-state index contributed by atoms with van der Waals surface area (Å²) >= 11 is 0. The van der Waals surface area contributed by atoms with E-state index in [-0.39, 0.29) is 0 Å². The molecule has 0 atom stereocenters. The Bertz CT molecular complexity index is 320. The molecule has 0 unspecified atom stereocenters. The zero-order valence-corrected chi connectivity index (χ0v) is 12.8. The highest BCUT2D eigenvalue weighted by atomic mass is 15.1. The lowest BCUT2D eigenvalue weighted by Crippen LogP contribution is -2.16. The number of allylic oxidation sites excluding steroid dienone is 6. The van der Waals surface area contributed by atoms with Gasteiger partial charge in [-0.15, -0.1) is 0 Å². The first-order valence-electron chi connectivity index (χ1n) is 6.43. The summed E-state index contributed by atoms with van der Waals surface area (Å²) in [4.78, 5) is 6.17. The van der Waals surface area contributed by atoms with E-state index in [0.29, 0.717) is 0 Å². The summed E-state index contributed by atoms with van der Waals surface area (Å²) in [5.74, 6) is 0. The first-order valence-corrected chi connectivity index (χ1v) is 6.43. The molecule has 1 aliphatic heterocycles. The Balaban J connectivity index is 0. The Morgan fingerprint density at radius 3 is 2.39 bits per heavy atom. The highest BCUT2D eigenvalue weighted by Crippen LogP contribution is 1.99. The fraction of sp³-hybridized carbons (Fsp3) is 0.438. The molecule has 0 aromatic heterocycles. The van der Waals surface area contributed by atoms with E-state index in [4.69, 9.17) is 0 Å². The maximum atomic E-state index is 4.07. The lowest BCUT2D eigenvalue weighted by Gasteiger charge is -2.14. The lowest BCUT2D eigenvalue weighted by atomic mass is 10.3. The van der Waals surface area contributed by atoms with Gasteiger partial charge in [-0.05, 0) is 20.8 Å².